The minimum atomic E-state index is -3.64. The number of hydrogen-bond donors (Lipinski definition) is 2. The van der Waals surface area contributed by atoms with Gasteiger partial charge in [0.05, 0.1) is 10.5 Å². The first-order valence-electron chi connectivity index (χ1n) is 5.90. The summed E-state index contributed by atoms with van der Waals surface area (Å²) < 4.78 is 26.9. The Morgan fingerprint density at radius 3 is 2.95 bits per heavy atom. The van der Waals surface area contributed by atoms with E-state index in [2.05, 4.69) is 4.72 Å². The molecule has 2 rings (SSSR count). The number of anilines is 1. The average Bonchev–Trinajstić information content (AvgIpc) is 2.89. The molecule has 1 saturated heterocycles. The number of rotatable bonds is 4. The highest BCUT2D eigenvalue weighted by atomic mass is 32.2. The highest BCUT2D eigenvalue weighted by Gasteiger charge is 2.22. The first kappa shape index (κ1) is 14.2. The van der Waals surface area contributed by atoms with Crippen molar-refractivity contribution in [2.45, 2.75) is 11.3 Å². The smallest absolute Gasteiger partial charge is 0.241 e. The summed E-state index contributed by atoms with van der Waals surface area (Å²) in [5.74, 6) is 2.44. The van der Waals surface area contributed by atoms with Crippen LogP contribution >= 0.6 is 11.8 Å². The highest BCUT2D eigenvalue weighted by molar-refractivity contribution is 7.99. The lowest BCUT2D eigenvalue weighted by Gasteiger charge is -2.11. The Balaban J connectivity index is 2.17. The Morgan fingerprint density at radius 2 is 2.32 bits per heavy atom. The molecule has 7 heteroatoms. The van der Waals surface area contributed by atoms with Gasteiger partial charge >= 0.3 is 0 Å². The van der Waals surface area contributed by atoms with Crippen molar-refractivity contribution in [1.82, 2.24) is 4.72 Å². The molecule has 0 aromatic heterocycles. The predicted molar refractivity (Wildman–Crippen MR) is 76.2 cm³/mol. The van der Waals surface area contributed by atoms with E-state index >= 15 is 0 Å². The van der Waals surface area contributed by atoms with Crippen LogP contribution in [0.1, 0.15) is 12.0 Å². The van der Waals surface area contributed by atoms with Crippen LogP contribution in [0.25, 0.3) is 0 Å². The third kappa shape index (κ3) is 3.41. The first-order valence-corrected chi connectivity index (χ1v) is 8.54. The molecule has 0 radical (unpaired) electrons. The molecular formula is C12H15N3O2S2. The van der Waals surface area contributed by atoms with Crippen LogP contribution in [0, 0.1) is 17.2 Å². The Kier molecular flexibility index (Phi) is 4.34. The zero-order valence-corrected chi connectivity index (χ0v) is 11.9. The topological polar surface area (TPSA) is 96.0 Å². The van der Waals surface area contributed by atoms with Crippen LogP contribution in [0.4, 0.5) is 5.69 Å². The molecule has 1 aliphatic rings. The molecule has 1 aromatic carbocycles. The molecule has 3 N–H and O–H groups in total. The van der Waals surface area contributed by atoms with Crippen molar-refractivity contribution in [3.8, 4) is 6.07 Å². The third-order valence-electron chi connectivity index (χ3n) is 3.00. The van der Waals surface area contributed by atoms with Gasteiger partial charge < -0.3 is 5.73 Å². The number of hydrogen-bond acceptors (Lipinski definition) is 5. The van der Waals surface area contributed by atoms with E-state index in [9.17, 15) is 8.42 Å². The van der Waals surface area contributed by atoms with Gasteiger partial charge in [0.15, 0.2) is 0 Å². The normalized spacial score (nSPS) is 19.2. The van der Waals surface area contributed by atoms with Crippen molar-refractivity contribution in [3.63, 3.8) is 0 Å². The van der Waals surface area contributed by atoms with E-state index in [0.29, 0.717) is 18.2 Å². The Bertz CT molecular complexity index is 602. The summed E-state index contributed by atoms with van der Waals surface area (Å²) >= 11 is 1.83. The summed E-state index contributed by atoms with van der Waals surface area (Å²) in [4.78, 5) is -0.00477. The maximum Gasteiger partial charge on any atom is 0.241 e. The lowest BCUT2D eigenvalue weighted by molar-refractivity contribution is 0.545. The number of nitrogen functional groups attached to an aromatic ring is 1. The van der Waals surface area contributed by atoms with Gasteiger partial charge in [-0.05, 0) is 42.0 Å². The number of nitriles is 1. The number of thioether (sulfide) groups is 1. The van der Waals surface area contributed by atoms with Crippen molar-refractivity contribution in [1.29, 1.82) is 5.26 Å². The van der Waals surface area contributed by atoms with Crippen LogP contribution in [0.2, 0.25) is 0 Å². The summed E-state index contributed by atoms with van der Waals surface area (Å²) in [5, 5.41) is 8.98. The predicted octanol–water partition coefficient (Wildman–Crippen LogP) is 1.17. The van der Waals surface area contributed by atoms with Crippen LogP contribution in [0.5, 0.6) is 0 Å². The van der Waals surface area contributed by atoms with Gasteiger partial charge in [-0.1, -0.05) is 0 Å². The first-order chi connectivity index (χ1) is 9.03. The number of nitrogens with zero attached hydrogens (tertiary/aromatic N) is 1. The number of sulfonamides is 1. The van der Waals surface area contributed by atoms with Gasteiger partial charge in [0, 0.05) is 12.2 Å². The number of benzene rings is 1. The van der Waals surface area contributed by atoms with E-state index in [0.717, 1.165) is 17.9 Å². The molecule has 1 fully saturated rings. The molecule has 0 saturated carbocycles. The molecule has 1 aromatic rings. The van der Waals surface area contributed by atoms with Gasteiger partial charge in [0.25, 0.3) is 0 Å². The van der Waals surface area contributed by atoms with Crippen molar-refractivity contribution < 1.29 is 8.42 Å². The van der Waals surface area contributed by atoms with Crippen molar-refractivity contribution >= 4 is 27.5 Å². The molecule has 1 atom stereocenters. The largest absolute Gasteiger partial charge is 0.399 e. The van der Waals surface area contributed by atoms with E-state index in [1.54, 1.807) is 0 Å². The average molecular weight is 297 g/mol. The molecule has 0 aliphatic carbocycles. The van der Waals surface area contributed by atoms with Crippen LogP contribution in [-0.2, 0) is 10.0 Å². The van der Waals surface area contributed by atoms with Gasteiger partial charge in [-0.15, -0.1) is 0 Å². The van der Waals surface area contributed by atoms with Gasteiger partial charge in [-0.3, -0.25) is 0 Å². The van der Waals surface area contributed by atoms with Crippen molar-refractivity contribution in [3.05, 3.63) is 23.8 Å². The second-order valence-electron chi connectivity index (χ2n) is 4.45. The standard InChI is InChI=1S/C12H15N3O2S2/c13-6-10-5-11(14)1-2-12(10)19(16,17)15-7-9-3-4-18-8-9/h1-2,5,9,15H,3-4,7-8,14H2. The Hall–Kier alpha value is -1.23. The van der Waals surface area contributed by atoms with E-state index in [1.165, 1.54) is 18.2 Å². The SMILES string of the molecule is N#Cc1cc(N)ccc1S(=O)(=O)NCC1CCSC1. The fraction of sp³-hybridized carbons (Fsp3) is 0.417. The molecule has 1 heterocycles. The van der Waals surface area contributed by atoms with Crippen LogP contribution in [-0.4, -0.2) is 26.5 Å². The molecule has 19 heavy (non-hydrogen) atoms. The molecule has 0 spiro atoms. The monoisotopic (exact) mass is 297 g/mol. The quantitative estimate of drug-likeness (QED) is 0.813. The third-order valence-corrected chi connectivity index (χ3v) is 5.71. The Morgan fingerprint density at radius 1 is 1.53 bits per heavy atom. The van der Waals surface area contributed by atoms with Gasteiger partial charge in [-0.2, -0.15) is 17.0 Å². The second kappa shape index (κ2) is 5.82. The zero-order valence-electron chi connectivity index (χ0n) is 10.3. The minimum Gasteiger partial charge on any atom is -0.399 e. The molecule has 1 aliphatic heterocycles. The van der Waals surface area contributed by atoms with Crippen LogP contribution in [0.3, 0.4) is 0 Å². The minimum absolute atomic E-state index is 0.00477. The van der Waals surface area contributed by atoms with Crippen molar-refractivity contribution in [2.75, 3.05) is 23.8 Å². The van der Waals surface area contributed by atoms with Gasteiger partial charge in [-0.25, -0.2) is 13.1 Å². The van der Waals surface area contributed by atoms with Crippen molar-refractivity contribution in [2.24, 2.45) is 5.92 Å². The summed E-state index contributed by atoms with van der Waals surface area (Å²) in [5.41, 5.74) is 6.01. The van der Waals surface area contributed by atoms with E-state index in [4.69, 9.17) is 11.0 Å². The fourth-order valence-corrected chi connectivity index (χ4v) is 4.46. The van der Waals surface area contributed by atoms with E-state index < -0.39 is 10.0 Å². The van der Waals surface area contributed by atoms with Gasteiger partial charge in [0.2, 0.25) is 10.0 Å². The zero-order chi connectivity index (χ0) is 13.9. The maximum atomic E-state index is 12.2. The lowest BCUT2D eigenvalue weighted by Crippen LogP contribution is -2.30. The molecule has 102 valence electrons. The lowest BCUT2D eigenvalue weighted by atomic mass is 10.1. The van der Waals surface area contributed by atoms with E-state index in [-0.39, 0.29) is 10.5 Å². The highest BCUT2D eigenvalue weighted by Crippen LogP contribution is 2.23. The molecule has 1 unspecified atom stereocenters. The maximum absolute atomic E-state index is 12.2. The number of nitrogens with one attached hydrogen (secondary N) is 1. The molecule has 0 bridgehead atoms. The summed E-state index contributed by atoms with van der Waals surface area (Å²) in [7, 11) is -3.64. The Labute approximate surface area is 117 Å². The molecular weight excluding hydrogens is 282 g/mol. The van der Waals surface area contributed by atoms with Crippen LogP contribution < -0.4 is 10.5 Å². The summed E-state index contributed by atoms with van der Waals surface area (Å²) in [6, 6.07) is 6.10. The fourth-order valence-electron chi connectivity index (χ4n) is 1.92. The van der Waals surface area contributed by atoms with Gasteiger partial charge in [0.1, 0.15) is 6.07 Å². The molecule has 0 amide bonds. The molecule has 5 nitrogen and oxygen atoms in total. The second-order valence-corrected chi connectivity index (χ2v) is 7.33. The van der Waals surface area contributed by atoms with E-state index in [1.807, 2.05) is 17.8 Å². The van der Waals surface area contributed by atoms with Crippen LogP contribution in [0.15, 0.2) is 23.1 Å². The summed E-state index contributed by atoms with van der Waals surface area (Å²) in [6.07, 6.45) is 1.03. The number of nitrogens with two attached hydrogens (primary N) is 1. The summed E-state index contributed by atoms with van der Waals surface area (Å²) in [6.45, 7) is 0.421.